The Hall–Kier alpha value is -2.25. The van der Waals surface area contributed by atoms with Gasteiger partial charge in [-0.25, -0.2) is 4.21 Å². The molecular formula is C12H11N2O8S2+. The van der Waals surface area contributed by atoms with E-state index < -0.39 is 36.9 Å². The zero-order chi connectivity index (χ0) is 18.1. The lowest BCUT2D eigenvalue weighted by Crippen LogP contribution is -2.30. The van der Waals surface area contributed by atoms with Crippen molar-refractivity contribution < 1.29 is 35.9 Å². The molecule has 0 saturated heterocycles. The van der Waals surface area contributed by atoms with E-state index in [9.17, 15) is 22.3 Å². The Morgan fingerprint density at radius 1 is 1.00 bits per heavy atom. The normalized spacial score (nSPS) is 21.0. The Kier molecular flexibility index (Phi) is 4.77. The lowest BCUT2D eigenvalue weighted by molar-refractivity contribution is -0.566. The number of ketones is 1. The molecular weight excluding hydrogens is 364 g/mol. The Labute approximate surface area is 136 Å². The van der Waals surface area contributed by atoms with Crippen LogP contribution in [0, 0.1) is 4.91 Å². The van der Waals surface area contributed by atoms with Gasteiger partial charge >= 0.3 is 6.04 Å². The number of nitrogens with zero attached hydrogens (tertiary/aromatic N) is 2. The first kappa shape index (κ1) is 18.1. The zero-order valence-corrected chi connectivity index (χ0v) is 13.3. The topological polar surface area (TPSA) is 161 Å². The maximum absolute atomic E-state index is 11.9. The molecule has 0 aliphatic heterocycles. The summed E-state index contributed by atoms with van der Waals surface area (Å²) in [6.45, 7) is 0. The maximum Gasteiger partial charge on any atom is 0.316 e. The van der Waals surface area contributed by atoms with Crippen LogP contribution >= 0.6 is 0 Å². The predicted octanol–water partition coefficient (Wildman–Crippen LogP) is -0.0707. The molecule has 0 amide bonds. The van der Waals surface area contributed by atoms with E-state index in [0.717, 1.165) is 24.3 Å². The zero-order valence-electron chi connectivity index (χ0n) is 11.7. The monoisotopic (exact) mass is 375 g/mol. The number of hydrazone groups is 1. The van der Waals surface area contributed by atoms with Gasteiger partial charge in [-0.05, 0) is 30.4 Å². The maximum atomic E-state index is 11.9. The first-order chi connectivity index (χ1) is 11.0. The van der Waals surface area contributed by atoms with E-state index in [0.29, 0.717) is 6.08 Å². The van der Waals surface area contributed by atoms with Gasteiger partial charge in [-0.15, -0.1) is 0 Å². The summed E-state index contributed by atoms with van der Waals surface area (Å²) < 4.78 is 59.6. The molecule has 128 valence electrons. The van der Waals surface area contributed by atoms with Gasteiger partial charge in [-0.1, -0.05) is 0 Å². The minimum absolute atomic E-state index is 0.0142. The highest BCUT2D eigenvalue weighted by Crippen LogP contribution is 2.15. The predicted molar refractivity (Wildman–Crippen MR) is 85.3 cm³/mol. The van der Waals surface area contributed by atoms with Gasteiger partial charge in [0.1, 0.15) is 5.71 Å². The van der Waals surface area contributed by atoms with E-state index in [1.165, 1.54) is 12.2 Å². The Morgan fingerprint density at radius 2 is 1.58 bits per heavy atom. The number of hydrogen-bond donors (Lipinski definition) is 3. The SMILES string of the molecule is O=C1C=C(S(=O)(=O)O)C=CC1[N+](=O)N=C1C=CC(=S(=O)(O)O)C=C1. The average Bonchev–Trinajstić information content (AvgIpc) is 2.45. The van der Waals surface area contributed by atoms with Crippen molar-refractivity contribution in [3.63, 3.8) is 0 Å². The van der Waals surface area contributed by atoms with E-state index in [1.807, 2.05) is 0 Å². The quantitative estimate of drug-likeness (QED) is 0.267. The number of allylic oxidation sites excluding steroid dienone is 5. The van der Waals surface area contributed by atoms with Gasteiger partial charge in [-0.2, -0.15) is 8.42 Å². The Bertz CT molecular complexity index is 962. The molecule has 0 saturated carbocycles. The van der Waals surface area contributed by atoms with Crippen LogP contribution in [-0.2, 0) is 25.0 Å². The number of carbonyl (C=O) groups is 1. The van der Waals surface area contributed by atoms with Gasteiger partial charge in [0.2, 0.25) is 15.9 Å². The van der Waals surface area contributed by atoms with E-state index in [1.54, 1.807) is 0 Å². The highest BCUT2D eigenvalue weighted by Gasteiger charge is 2.35. The summed E-state index contributed by atoms with van der Waals surface area (Å²) in [4.78, 5) is 22.8. The standard InChI is InChI=1S/C12H10N2O8S2/c15-12-7-10(24(20,21)22)5-6-11(12)14(16)13-8-1-3-9(4-2-8)23(17,18)19/h1-7,11H,(H2-,13,16,17,18,19,20,21,22)/p+1. The van der Waals surface area contributed by atoms with Crippen molar-refractivity contribution in [2.45, 2.75) is 6.04 Å². The van der Waals surface area contributed by atoms with Crippen LogP contribution in [0.1, 0.15) is 0 Å². The van der Waals surface area contributed by atoms with Crippen LogP contribution in [0.25, 0.3) is 0 Å². The molecule has 1 unspecified atom stereocenters. The molecule has 0 aromatic rings. The van der Waals surface area contributed by atoms with Crippen LogP contribution in [0.15, 0.2) is 52.5 Å². The minimum Gasteiger partial charge on any atom is -0.293 e. The van der Waals surface area contributed by atoms with Crippen molar-refractivity contribution in [1.82, 2.24) is 0 Å². The number of hydrogen-bond acceptors (Lipinski definition) is 5. The summed E-state index contributed by atoms with van der Waals surface area (Å²) in [5.74, 6) is -0.894. The van der Waals surface area contributed by atoms with Crippen molar-refractivity contribution in [2.24, 2.45) is 5.10 Å². The Morgan fingerprint density at radius 3 is 2.04 bits per heavy atom. The molecule has 2 rings (SSSR count). The third-order valence-corrected chi connectivity index (χ3v) is 4.65. The number of nitroso groups, excluding NO2 is 1. The van der Waals surface area contributed by atoms with Gasteiger partial charge in [-0.3, -0.25) is 18.5 Å². The second-order valence-corrected chi connectivity index (χ2v) is 7.51. The molecule has 10 nitrogen and oxygen atoms in total. The summed E-state index contributed by atoms with van der Waals surface area (Å²) in [6, 6.07) is -1.42. The summed E-state index contributed by atoms with van der Waals surface area (Å²) in [5.41, 5.74) is 0.0307. The summed E-state index contributed by atoms with van der Waals surface area (Å²) in [6.07, 6.45) is 6.96. The molecule has 3 N–H and O–H groups in total. The molecule has 0 bridgehead atoms. The van der Waals surface area contributed by atoms with Crippen LogP contribution in [-0.4, -0.2) is 53.6 Å². The third kappa shape index (κ3) is 4.18. The molecule has 0 radical (unpaired) electrons. The molecule has 12 heteroatoms. The van der Waals surface area contributed by atoms with Gasteiger partial charge in [0, 0.05) is 12.2 Å². The fourth-order valence-electron chi connectivity index (χ4n) is 1.76. The minimum atomic E-state index is -4.56. The first-order valence-electron chi connectivity index (χ1n) is 6.17. The molecule has 0 fully saturated rings. The van der Waals surface area contributed by atoms with Crippen LogP contribution in [0.3, 0.4) is 0 Å². The largest absolute Gasteiger partial charge is 0.316 e. The molecule has 0 aromatic heterocycles. The van der Waals surface area contributed by atoms with Crippen molar-refractivity contribution in [1.29, 1.82) is 0 Å². The fraction of sp³-hybridized carbons (Fsp3) is 0.0833. The molecule has 0 spiro atoms. The van der Waals surface area contributed by atoms with Crippen LogP contribution < -0.4 is 0 Å². The number of rotatable bonds is 3. The van der Waals surface area contributed by atoms with E-state index >= 15 is 0 Å². The molecule has 1 atom stereocenters. The van der Waals surface area contributed by atoms with Gasteiger partial charge < -0.3 is 0 Å². The van der Waals surface area contributed by atoms with Crippen LogP contribution in [0.2, 0.25) is 0 Å². The van der Waals surface area contributed by atoms with Crippen molar-refractivity contribution in [3.8, 4) is 0 Å². The van der Waals surface area contributed by atoms with Crippen molar-refractivity contribution in [2.75, 3.05) is 0 Å². The third-order valence-electron chi connectivity index (χ3n) is 2.91. The van der Waals surface area contributed by atoms with E-state index in [2.05, 4.69) is 5.10 Å². The molecule has 0 heterocycles. The van der Waals surface area contributed by atoms with E-state index in [4.69, 9.17) is 13.7 Å². The highest BCUT2D eigenvalue weighted by molar-refractivity contribution is 7.92. The van der Waals surface area contributed by atoms with Gasteiger partial charge in [0.15, 0.2) is 4.87 Å². The fourth-order valence-corrected chi connectivity index (χ4v) is 2.77. The lowest BCUT2D eigenvalue weighted by atomic mass is 10.1. The van der Waals surface area contributed by atoms with Gasteiger partial charge in [0.05, 0.1) is 19.8 Å². The second-order valence-electron chi connectivity index (χ2n) is 4.62. The van der Waals surface area contributed by atoms with Crippen molar-refractivity contribution >= 4 is 36.6 Å². The summed E-state index contributed by atoms with van der Waals surface area (Å²) in [7, 11) is -8.69. The molecule has 24 heavy (non-hydrogen) atoms. The molecule has 2 aliphatic rings. The van der Waals surface area contributed by atoms with Gasteiger partial charge in [0.25, 0.3) is 10.1 Å². The first-order valence-corrected chi connectivity index (χ1v) is 9.08. The average molecular weight is 375 g/mol. The molecule has 0 aromatic carbocycles. The highest BCUT2D eigenvalue weighted by atomic mass is 32.2. The summed E-state index contributed by atoms with van der Waals surface area (Å²) >= 11 is 0. The van der Waals surface area contributed by atoms with Crippen LogP contribution in [0.5, 0.6) is 0 Å². The number of carbonyl (C=O) groups excluding carboxylic acids is 1. The molecule has 2 aliphatic carbocycles. The Balaban J connectivity index is 2.21. The van der Waals surface area contributed by atoms with Crippen LogP contribution in [0.4, 0.5) is 0 Å². The van der Waals surface area contributed by atoms with E-state index in [-0.39, 0.29) is 15.4 Å². The smallest absolute Gasteiger partial charge is 0.293 e. The summed E-state index contributed by atoms with van der Waals surface area (Å²) in [5, 5.41) is 3.55. The lowest BCUT2D eigenvalue weighted by Gasteiger charge is -2.05. The van der Waals surface area contributed by atoms with Crippen molar-refractivity contribution in [3.05, 3.63) is 52.3 Å². The second kappa shape index (κ2) is 6.33.